The molecular weight excluding hydrogens is 234 g/mol. The molecule has 2 atom stereocenters. The Bertz CT molecular complexity index is 512. The van der Waals surface area contributed by atoms with Crippen molar-refractivity contribution < 1.29 is 4.74 Å². The number of methoxy groups -OCH3 is 1. The first-order chi connectivity index (χ1) is 9.30. The number of aryl methyl sites for hydroxylation is 1. The lowest BCUT2D eigenvalue weighted by molar-refractivity contribution is 0.0817. The molecule has 2 fully saturated rings. The minimum absolute atomic E-state index is 0.445. The van der Waals surface area contributed by atoms with Gasteiger partial charge in [-0.3, -0.25) is 0 Å². The first-order valence-corrected chi connectivity index (χ1v) is 7.68. The van der Waals surface area contributed by atoms with Gasteiger partial charge in [0.1, 0.15) is 5.75 Å². The third-order valence-electron chi connectivity index (χ3n) is 6.17. The smallest absolute Gasteiger partial charge is 0.119 e. The summed E-state index contributed by atoms with van der Waals surface area (Å²) in [6, 6.07) is 6.80. The van der Waals surface area contributed by atoms with Gasteiger partial charge in [-0.15, -0.1) is 0 Å². The highest BCUT2D eigenvalue weighted by atomic mass is 16.5. The molecule has 2 heteroatoms. The van der Waals surface area contributed by atoms with Crippen molar-refractivity contribution in [2.75, 3.05) is 20.2 Å². The Labute approximate surface area is 115 Å². The fourth-order valence-corrected chi connectivity index (χ4v) is 5.24. The number of fused-ring (bicyclic) bond motifs is 1. The quantitative estimate of drug-likeness (QED) is 0.835. The average Bonchev–Trinajstić information content (AvgIpc) is 2.87. The summed E-state index contributed by atoms with van der Waals surface area (Å²) in [6.45, 7) is 2.40. The Morgan fingerprint density at radius 3 is 3.00 bits per heavy atom. The zero-order chi connectivity index (χ0) is 12.9. The maximum absolute atomic E-state index is 5.49. The summed E-state index contributed by atoms with van der Waals surface area (Å²) in [5, 5.41) is 3.67. The summed E-state index contributed by atoms with van der Waals surface area (Å²) in [4.78, 5) is 0. The van der Waals surface area contributed by atoms with Crippen LogP contribution < -0.4 is 10.1 Å². The molecule has 1 saturated carbocycles. The normalized spacial score (nSPS) is 36.3. The van der Waals surface area contributed by atoms with Gasteiger partial charge in [0, 0.05) is 12.0 Å². The van der Waals surface area contributed by atoms with E-state index in [2.05, 4.69) is 23.5 Å². The summed E-state index contributed by atoms with van der Waals surface area (Å²) in [7, 11) is 1.78. The molecule has 102 valence electrons. The molecule has 19 heavy (non-hydrogen) atoms. The molecule has 4 rings (SSSR count). The van der Waals surface area contributed by atoms with Crippen molar-refractivity contribution in [3.63, 3.8) is 0 Å². The highest BCUT2D eigenvalue weighted by Gasteiger charge is 2.58. The van der Waals surface area contributed by atoms with Gasteiger partial charge in [0.15, 0.2) is 0 Å². The second kappa shape index (κ2) is 3.99. The van der Waals surface area contributed by atoms with E-state index < -0.39 is 0 Å². The van der Waals surface area contributed by atoms with Gasteiger partial charge in [0.25, 0.3) is 0 Å². The predicted molar refractivity (Wildman–Crippen MR) is 76.8 cm³/mol. The third kappa shape index (κ3) is 1.41. The number of hydrogen-bond donors (Lipinski definition) is 1. The lowest BCUT2D eigenvalue weighted by atomic mass is 9.53. The predicted octanol–water partition coefficient (Wildman–Crippen LogP) is 3.04. The van der Waals surface area contributed by atoms with Crippen molar-refractivity contribution in [1.29, 1.82) is 0 Å². The summed E-state index contributed by atoms with van der Waals surface area (Å²) >= 11 is 0. The van der Waals surface area contributed by atoms with Crippen molar-refractivity contribution in [3.05, 3.63) is 29.3 Å². The van der Waals surface area contributed by atoms with E-state index in [1.165, 1.54) is 51.6 Å². The van der Waals surface area contributed by atoms with Crippen molar-refractivity contribution in [2.45, 2.75) is 43.9 Å². The van der Waals surface area contributed by atoms with Gasteiger partial charge in [-0.1, -0.05) is 12.5 Å². The minimum Gasteiger partial charge on any atom is -0.497 e. The fraction of sp³-hybridized carbons (Fsp3) is 0.647. The van der Waals surface area contributed by atoms with E-state index >= 15 is 0 Å². The molecular formula is C17H23NO. The lowest BCUT2D eigenvalue weighted by Crippen LogP contribution is -2.56. The Morgan fingerprint density at radius 2 is 2.11 bits per heavy atom. The van der Waals surface area contributed by atoms with Crippen molar-refractivity contribution in [2.24, 2.45) is 5.41 Å². The molecule has 0 amide bonds. The highest BCUT2D eigenvalue weighted by Crippen LogP contribution is 2.62. The number of nitrogens with one attached hydrogen (secondary N) is 1. The molecule has 3 aliphatic rings. The molecule has 1 saturated heterocycles. The summed E-state index contributed by atoms with van der Waals surface area (Å²) < 4.78 is 5.49. The standard InChI is InChI=1S/C17H23NO/c1-19-14-4-3-13-5-8-16-6-2-7-17(16,15(13)11-14)9-10-18-12-16/h3-4,11,18H,2,5-10,12H2,1H3. The van der Waals surface area contributed by atoms with Crippen molar-refractivity contribution >= 4 is 0 Å². The molecule has 2 aliphatic carbocycles. The second-order valence-electron chi connectivity index (χ2n) is 6.67. The van der Waals surface area contributed by atoms with E-state index in [-0.39, 0.29) is 0 Å². The van der Waals surface area contributed by atoms with Gasteiger partial charge in [-0.2, -0.15) is 0 Å². The fourth-order valence-electron chi connectivity index (χ4n) is 5.24. The van der Waals surface area contributed by atoms with Crippen LogP contribution in [0.5, 0.6) is 5.75 Å². The van der Waals surface area contributed by atoms with Crippen LogP contribution in [-0.2, 0) is 11.8 Å². The summed E-state index contributed by atoms with van der Waals surface area (Å²) in [6.07, 6.45) is 8.14. The zero-order valence-corrected chi connectivity index (χ0v) is 11.8. The molecule has 1 aromatic rings. The van der Waals surface area contributed by atoms with Crippen LogP contribution in [0.15, 0.2) is 18.2 Å². The topological polar surface area (TPSA) is 21.3 Å². The Kier molecular flexibility index (Phi) is 2.47. The Morgan fingerprint density at radius 1 is 1.16 bits per heavy atom. The van der Waals surface area contributed by atoms with E-state index in [1.54, 1.807) is 18.2 Å². The van der Waals surface area contributed by atoms with Gasteiger partial charge >= 0.3 is 0 Å². The molecule has 0 spiro atoms. The summed E-state index contributed by atoms with van der Waals surface area (Å²) in [5.41, 5.74) is 4.18. The maximum Gasteiger partial charge on any atom is 0.119 e. The third-order valence-corrected chi connectivity index (χ3v) is 6.17. The number of hydrogen-bond acceptors (Lipinski definition) is 2. The first-order valence-electron chi connectivity index (χ1n) is 7.68. The van der Waals surface area contributed by atoms with E-state index in [1.807, 2.05) is 0 Å². The lowest BCUT2D eigenvalue weighted by Gasteiger charge is -2.54. The Hall–Kier alpha value is -1.02. The first kappa shape index (κ1) is 11.8. The second-order valence-corrected chi connectivity index (χ2v) is 6.67. The molecule has 0 aromatic heterocycles. The van der Waals surface area contributed by atoms with Crippen LogP contribution >= 0.6 is 0 Å². The van der Waals surface area contributed by atoms with Gasteiger partial charge < -0.3 is 10.1 Å². The molecule has 2 unspecified atom stereocenters. The molecule has 1 aliphatic heterocycles. The van der Waals surface area contributed by atoms with Gasteiger partial charge in [0.05, 0.1) is 7.11 Å². The van der Waals surface area contributed by atoms with Crippen LogP contribution in [0, 0.1) is 5.41 Å². The van der Waals surface area contributed by atoms with Crippen molar-refractivity contribution in [1.82, 2.24) is 5.32 Å². The van der Waals surface area contributed by atoms with Crippen LogP contribution in [0.1, 0.15) is 43.2 Å². The van der Waals surface area contributed by atoms with Crippen LogP contribution in [0.4, 0.5) is 0 Å². The number of benzene rings is 1. The van der Waals surface area contributed by atoms with Gasteiger partial charge in [-0.25, -0.2) is 0 Å². The van der Waals surface area contributed by atoms with E-state index in [0.717, 1.165) is 5.75 Å². The van der Waals surface area contributed by atoms with E-state index in [0.29, 0.717) is 10.8 Å². The van der Waals surface area contributed by atoms with Crippen LogP contribution in [0.2, 0.25) is 0 Å². The van der Waals surface area contributed by atoms with Crippen LogP contribution in [0.25, 0.3) is 0 Å². The number of piperidine rings is 1. The van der Waals surface area contributed by atoms with Gasteiger partial charge in [-0.05, 0) is 67.3 Å². The summed E-state index contributed by atoms with van der Waals surface area (Å²) in [5.74, 6) is 1.04. The largest absolute Gasteiger partial charge is 0.497 e. The van der Waals surface area contributed by atoms with Crippen molar-refractivity contribution in [3.8, 4) is 5.75 Å². The average molecular weight is 257 g/mol. The van der Waals surface area contributed by atoms with E-state index in [4.69, 9.17) is 4.74 Å². The molecule has 2 nitrogen and oxygen atoms in total. The molecule has 1 N–H and O–H groups in total. The SMILES string of the molecule is COc1ccc2c(c1)C13CCCC1(CC2)CNCC3. The molecule has 0 radical (unpaired) electrons. The Balaban J connectivity index is 1.91. The van der Waals surface area contributed by atoms with Crippen LogP contribution in [-0.4, -0.2) is 20.2 Å². The highest BCUT2D eigenvalue weighted by molar-refractivity contribution is 5.46. The number of rotatable bonds is 1. The molecule has 1 aromatic carbocycles. The van der Waals surface area contributed by atoms with Crippen LogP contribution in [0.3, 0.4) is 0 Å². The molecule has 1 heterocycles. The number of ether oxygens (including phenoxy) is 1. The minimum atomic E-state index is 0.445. The monoisotopic (exact) mass is 257 g/mol. The molecule has 0 bridgehead atoms. The van der Waals surface area contributed by atoms with Gasteiger partial charge in [0.2, 0.25) is 0 Å². The van der Waals surface area contributed by atoms with E-state index in [9.17, 15) is 0 Å². The zero-order valence-electron chi connectivity index (χ0n) is 11.8. The maximum atomic E-state index is 5.49.